The Balaban J connectivity index is 1.51. The number of carbonyl (C=O) groups is 1. The summed E-state index contributed by atoms with van der Waals surface area (Å²) >= 11 is 0. The SMILES string of the molecule is Cc1cc(C)cc(NC(=O)c2ccc(Nc3cccc4cccnc34)cn2)c1. The summed E-state index contributed by atoms with van der Waals surface area (Å²) in [6.07, 6.45) is 3.42. The molecule has 2 aromatic carbocycles. The zero-order valence-electron chi connectivity index (χ0n) is 15.7. The van der Waals surface area contributed by atoms with Gasteiger partial charge in [-0.25, -0.2) is 4.98 Å². The van der Waals surface area contributed by atoms with Crippen LogP contribution in [0.15, 0.2) is 73.1 Å². The van der Waals surface area contributed by atoms with E-state index in [4.69, 9.17) is 0 Å². The van der Waals surface area contributed by atoms with Crippen molar-refractivity contribution in [3.63, 3.8) is 0 Å². The first-order chi connectivity index (χ1) is 13.6. The van der Waals surface area contributed by atoms with E-state index in [1.807, 2.05) is 62.4 Å². The molecule has 2 heterocycles. The molecule has 5 nitrogen and oxygen atoms in total. The van der Waals surface area contributed by atoms with Crippen molar-refractivity contribution in [1.82, 2.24) is 9.97 Å². The van der Waals surface area contributed by atoms with Gasteiger partial charge in [0.1, 0.15) is 5.69 Å². The molecule has 0 atom stereocenters. The zero-order valence-corrected chi connectivity index (χ0v) is 15.7. The highest BCUT2D eigenvalue weighted by molar-refractivity contribution is 6.03. The second-order valence-corrected chi connectivity index (χ2v) is 6.77. The van der Waals surface area contributed by atoms with Crippen molar-refractivity contribution >= 4 is 33.9 Å². The smallest absolute Gasteiger partial charge is 0.274 e. The number of anilines is 3. The Kier molecular flexibility index (Phi) is 4.72. The van der Waals surface area contributed by atoms with Crippen LogP contribution in [-0.2, 0) is 0 Å². The number of aryl methyl sites for hydroxylation is 2. The summed E-state index contributed by atoms with van der Waals surface area (Å²) < 4.78 is 0. The molecule has 2 N–H and O–H groups in total. The molecule has 0 aliphatic rings. The van der Waals surface area contributed by atoms with E-state index in [-0.39, 0.29) is 5.91 Å². The summed E-state index contributed by atoms with van der Waals surface area (Å²) in [4.78, 5) is 21.2. The highest BCUT2D eigenvalue weighted by Crippen LogP contribution is 2.24. The van der Waals surface area contributed by atoms with E-state index < -0.39 is 0 Å². The zero-order chi connectivity index (χ0) is 19.5. The summed E-state index contributed by atoms with van der Waals surface area (Å²) in [5.74, 6) is -0.233. The van der Waals surface area contributed by atoms with Crippen molar-refractivity contribution in [2.45, 2.75) is 13.8 Å². The van der Waals surface area contributed by atoms with Gasteiger partial charge in [-0.2, -0.15) is 0 Å². The summed E-state index contributed by atoms with van der Waals surface area (Å²) in [5, 5.41) is 7.28. The molecule has 0 aliphatic heterocycles. The minimum absolute atomic E-state index is 0.233. The Morgan fingerprint density at radius 3 is 2.39 bits per heavy atom. The largest absolute Gasteiger partial charge is 0.352 e. The van der Waals surface area contributed by atoms with E-state index in [0.717, 1.165) is 39.1 Å². The van der Waals surface area contributed by atoms with E-state index in [1.54, 1.807) is 18.5 Å². The van der Waals surface area contributed by atoms with Gasteiger partial charge in [-0.05, 0) is 61.4 Å². The van der Waals surface area contributed by atoms with Gasteiger partial charge in [0.2, 0.25) is 0 Å². The number of nitrogens with one attached hydrogen (secondary N) is 2. The average Bonchev–Trinajstić information content (AvgIpc) is 2.68. The van der Waals surface area contributed by atoms with Crippen molar-refractivity contribution in [1.29, 1.82) is 0 Å². The normalized spacial score (nSPS) is 10.6. The van der Waals surface area contributed by atoms with Crippen molar-refractivity contribution in [2.75, 3.05) is 10.6 Å². The number of para-hydroxylation sites is 1. The molecule has 0 bridgehead atoms. The standard InChI is InChI=1S/C23H20N4O/c1-15-11-16(2)13-19(12-15)27-23(28)21-9-8-18(14-25-21)26-20-7-3-5-17-6-4-10-24-22(17)20/h3-14,26H,1-2H3,(H,27,28). The number of hydrogen-bond acceptors (Lipinski definition) is 4. The molecule has 0 unspecified atom stereocenters. The first-order valence-electron chi connectivity index (χ1n) is 9.05. The molecule has 4 aromatic rings. The molecule has 0 spiro atoms. The van der Waals surface area contributed by atoms with Crippen LogP contribution >= 0.6 is 0 Å². The minimum Gasteiger partial charge on any atom is -0.352 e. The quantitative estimate of drug-likeness (QED) is 0.517. The first kappa shape index (κ1) is 17.7. The number of pyridine rings is 2. The van der Waals surface area contributed by atoms with Crippen LogP contribution in [0.5, 0.6) is 0 Å². The second kappa shape index (κ2) is 7.48. The van der Waals surface area contributed by atoms with Gasteiger partial charge in [-0.15, -0.1) is 0 Å². The third kappa shape index (κ3) is 3.83. The third-order valence-corrected chi connectivity index (χ3v) is 4.39. The number of carbonyl (C=O) groups excluding carboxylic acids is 1. The summed E-state index contributed by atoms with van der Waals surface area (Å²) in [5.41, 5.74) is 5.92. The maximum Gasteiger partial charge on any atom is 0.274 e. The molecule has 4 rings (SSSR count). The fourth-order valence-corrected chi connectivity index (χ4v) is 3.20. The molecule has 0 fully saturated rings. The van der Waals surface area contributed by atoms with Gasteiger partial charge < -0.3 is 10.6 Å². The Hall–Kier alpha value is -3.73. The number of amides is 1. The lowest BCUT2D eigenvalue weighted by Crippen LogP contribution is -2.13. The maximum atomic E-state index is 12.5. The Bertz CT molecular complexity index is 1130. The van der Waals surface area contributed by atoms with Crippen LogP contribution in [0.3, 0.4) is 0 Å². The molecule has 1 amide bonds. The van der Waals surface area contributed by atoms with Crippen LogP contribution in [-0.4, -0.2) is 15.9 Å². The minimum atomic E-state index is -0.233. The van der Waals surface area contributed by atoms with Gasteiger partial charge in [0.05, 0.1) is 23.1 Å². The summed E-state index contributed by atoms with van der Waals surface area (Å²) in [6.45, 7) is 4.01. The molecule has 0 saturated heterocycles. The molecule has 138 valence electrons. The van der Waals surface area contributed by atoms with E-state index in [9.17, 15) is 4.79 Å². The van der Waals surface area contributed by atoms with Gasteiger partial charge in [0, 0.05) is 17.3 Å². The number of rotatable bonds is 4. The van der Waals surface area contributed by atoms with Crippen molar-refractivity contribution in [3.05, 3.63) is 89.9 Å². The lowest BCUT2D eigenvalue weighted by atomic mass is 10.1. The molecular weight excluding hydrogens is 348 g/mol. The van der Waals surface area contributed by atoms with E-state index in [1.165, 1.54) is 0 Å². The predicted octanol–water partition coefficient (Wildman–Crippen LogP) is 5.24. The molecule has 0 aliphatic carbocycles. The van der Waals surface area contributed by atoms with Crippen LogP contribution < -0.4 is 10.6 Å². The van der Waals surface area contributed by atoms with Crippen molar-refractivity contribution in [3.8, 4) is 0 Å². The Morgan fingerprint density at radius 2 is 1.64 bits per heavy atom. The second-order valence-electron chi connectivity index (χ2n) is 6.77. The van der Waals surface area contributed by atoms with Crippen LogP contribution in [0.25, 0.3) is 10.9 Å². The summed E-state index contributed by atoms with van der Waals surface area (Å²) in [7, 11) is 0. The van der Waals surface area contributed by atoms with E-state index in [2.05, 4.69) is 26.7 Å². The highest BCUT2D eigenvalue weighted by atomic mass is 16.1. The van der Waals surface area contributed by atoms with Crippen molar-refractivity contribution in [2.24, 2.45) is 0 Å². The van der Waals surface area contributed by atoms with Gasteiger partial charge in [0.15, 0.2) is 0 Å². The lowest BCUT2D eigenvalue weighted by molar-refractivity contribution is 0.102. The topological polar surface area (TPSA) is 66.9 Å². The Morgan fingerprint density at radius 1 is 0.857 bits per heavy atom. The monoisotopic (exact) mass is 368 g/mol. The van der Waals surface area contributed by atoms with Gasteiger partial charge in [-0.1, -0.05) is 24.3 Å². The van der Waals surface area contributed by atoms with Crippen molar-refractivity contribution < 1.29 is 4.79 Å². The van der Waals surface area contributed by atoms with Crippen LogP contribution in [0.4, 0.5) is 17.1 Å². The molecule has 28 heavy (non-hydrogen) atoms. The Labute approximate surface area is 163 Å². The van der Waals surface area contributed by atoms with Crippen LogP contribution in [0.1, 0.15) is 21.6 Å². The number of fused-ring (bicyclic) bond motifs is 1. The van der Waals surface area contributed by atoms with E-state index >= 15 is 0 Å². The molecule has 0 radical (unpaired) electrons. The first-order valence-corrected chi connectivity index (χ1v) is 9.05. The van der Waals surface area contributed by atoms with Crippen LogP contribution in [0, 0.1) is 13.8 Å². The predicted molar refractivity (Wildman–Crippen MR) is 113 cm³/mol. The number of nitrogens with zero attached hydrogens (tertiary/aromatic N) is 2. The number of hydrogen-bond donors (Lipinski definition) is 2. The molecular formula is C23H20N4O. The fourth-order valence-electron chi connectivity index (χ4n) is 3.20. The fraction of sp³-hybridized carbons (Fsp3) is 0.0870. The van der Waals surface area contributed by atoms with E-state index in [0.29, 0.717) is 5.69 Å². The number of benzene rings is 2. The lowest BCUT2D eigenvalue weighted by Gasteiger charge is -2.10. The van der Waals surface area contributed by atoms with Gasteiger partial charge in [-0.3, -0.25) is 9.78 Å². The maximum absolute atomic E-state index is 12.5. The third-order valence-electron chi connectivity index (χ3n) is 4.39. The molecule has 2 aromatic heterocycles. The molecule has 0 saturated carbocycles. The average molecular weight is 368 g/mol. The van der Waals surface area contributed by atoms with Crippen LogP contribution in [0.2, 0.25) is 0 Å². The molecule has 5 heteroatoms. The summed E-state index contributed by atoms with van der Waals surface area (Å²) in [6, 6.07) is 19.4. The van der Waals surface area contributed by atoms with Gasteiger partial charge in [0.25, 0.3) is 5.91 Å². The number of aromatic nitrogens is 2. The highest BCUT2D eigenvalue weighted by Gasteiger charge is 2.09. The van der Waals surface area contributed by atoms with Gasteiger partial charge >= 0.3 is 0 Å².